The summed E-state index contributed by atoms with van der Waals surface area (Å²) in [5, 5.41) is 7.71. The van der Waals surface area contributed by atoms with Gasteiger partial charge in [0.25, 0.3) is 0 Å². The second-order valence-corrected chi connectivity index (χ2v) is 6.96. The van der Waals surface area contributed by atoms with Crippen LogP contribution in [0.3, 0.4) is 0 Å². The van der Waals surface area contributed by atoms with E-state index in [4.69, 9.17) is 5.73 Å². The van der Waals surface area contributed by atoms with Crippen LogP contribution in [0.2, 0.25) is 0 Å². The maximum atomic E-state index is 6.01. The minimum Gasteiger partial charge on any atom is -0.382 e. The first kappa shape index (κ1) is 12.9. The lowest BCUT2D eigenvalue weighted by molar-refractivity contribution is 0.603. The maximum Gasteiger partial charge on any atom is 0.149 e. The van der Waals surface area contributed by atoms with E-state index >= 15 is 0 Å². The number of aromatic nitrogens is 2. The molecule has 0 spiro atoms. The van der Waals surface area contributed by atoms with Gasteiger partial charge in [-0.05, 0) is 43.6 Å². The zero-order chi connectivity index (χ0) is 13.4. The van der Waals surface area contributed by atoms with Crippen molar-refractivity contribution in [3.63, 3.8) is 0 Å². The molecular formula is C13H18N4S2. The van der Waals surface area contributed by atoms with Gasteiger partial charge in [0.05, 0.1) is 5.56 Å². The molecule has 1 aliphatic carbocycles. The van der Waals surface area contributed by atoms with Crippen LogP contribution in [0.4, 0.5) is 10.8 Å². The Morgan fingerprint density at radius 2 is 2.26 bits per heavy atom. The number of hydrogen-bond acceptors (Lipinski definition) is 6. The Bertz CT molecular complexity index is 575. The summed E-state index contributed by atoms with van der Waals surface area (Å²) in [6, 6.07) is 0.551. The van der Waals surface area contributed by atoms with E-state index in [0.29, 0.717) is 11.9 Å². The van der Waals surface area contributed by atoms with Crippen molar-refractivity contribution in [3.05, 3.63) is 11.1 Å². The largest absolute Gasteiger partial charge is 0.382 e. The number of hydrogen-bond donors (Lipinski definition) is 2. The zero-order valence-electron chi connectivity index (χ0n) is 11.1. The van der Waals surface area contributed by atoms with E-state index < -0.39 is 0 Å². The third-order valence-corrected chi connectivity index (χ3v) is 5.35. The van der Waals surface area contributed by atoms with Crippen molar-refractivity contribution in [3.8, 4) is 10.6 Å². The highest BCUT2D eigenvalue weighted by atomic mass is 32.1. The van der Waals surface area contributed by atoms with Crippen molar-refractivity contribution in [1.82, 2.24) is 9.36 Å². The molecule has 0 bridgehead atoms. The Labute approximate surface area is 121 Å². The van der Waals surface area contributed by atoms with Crippen LogP contribution in [-0.2, 0) is 0 Å². The predicted octanol–water partition coefficient (Wildman–Crippen LogP) is 3.76. The quantitative estimate of drug-likeness (QED) is 0.904. The van der Waals surface area contributed by atoms with Gasteiger partial charge in [-0.15, -0.1) is 11.3 Å². The van der Waals surface area contributed by atoms with E-state index in [9.17, 15) is 0 Å². The van der Waals surface area contributed by atoms with E-state index in [-0.39, 0.29) is 0 Å². The van der Waals surface area contributed by atoms with Crippen LogP contribution in [0.15, 0.2) is 5.38 Å². The summed E-state index contributed by atoms with van der Waals surface area (Å²) in [4.78, 5) is 4.53. The van der Waals surface area contributed by atoms with Crippen molar-refractivity contribution in [1.29, 1.82) is 0 Å². The van der Waals surface area contributed by atoms with Crippen LogP contribution in [0.5, 0.6) is 0 Å². The predicted molar refractivity (Wildman–Crippen MR) is 82.8 cm³/mol. The molecule has 2 atom stereocenters. The van der Waals surface area contributed by atoms with Gasteiger partial charge < -0.3 is 11.1 Å². The molecule has 4 nitrogen and oxygen atoms in total. The molecule has 2 heterocycles. The third-order valence-electron chi connectivity index (χ3n) is 3.58. The van der Waals surface area contributed by atoms with Crippen LogP contribution in [0, 0.1) is 12.8 Å². The lowest BCUT2D eigenvalue weighted by Crippen LogP contribution is -2.14. The summed E-state index contributed by atoms with van der Waals surface area (Å²) in [7, 11) is 0. The molecule has 0 aromatic carbocycles. The molecule has 1 saturated carbocycles. The van der Waals surface area contributed by atoms with E-state index in [2.05, 4.69) is 21.6 Å². The lowest BCUT2D eigenvalue weighted by atomic mass is 10.1. The number of aryl methyl sites for hydroxylation is 1. The fraction of sp³-hybridized carbons (Fsp3) is 0.538. The Morgan fingerprint density at radius 3 is 2.89 bits per heavy atom. The first-order chi connectivity index (χ1) is 9.13. The summed E-state index contributed by atoms with van der Waals surface area (Å²) in [6.45, 7) is 4.32. The second kappa shape index (κ2) is 5.09. The number of thiazole rings is 1. The first-order valence-corrected chi connectivity index (χ1v) is 8.23. The van der Waals surface area contributed by atoms with Crippen LogP contribution in [-0.4, -0.2) is 15.4 Å². The minimum atomic E-state index is 0.551. The maximum absolute atomic E-state index is 6.01. The van der Waals surface area contributed by atoms with Gasteiger partial charge in [-0.2, -0.15) is 4.37 Å². The van der Waals surface area contributed by atoms with Gasteiger partial charge in [-0.1, -0.05) is 6.92 Å². The Morgan fingerprint density at radius 1 is 1.42 bits per heavy atom. The number of nitrogens with two attached hydrogens (primary N) is 1. The molecule has 2 unspecified atom stereocenters. The van der Waals surface area contributed by atoms with Crippen molar-refractivity contribution < 1.29 is 0 Å². The highest BCUT2D eigenvalue weighted by molar-refractivity contribution is 7.15. The van der Waals surface area contributed by atoms with Gasteiger partial charge >= 0.3 is 0 Å². The molecule has 2 aromatic rings. The fourth-order valence-electron chi connectivity index (χ4n) is 2.60. The normalized spacial score (nSPS) is 22.8. The molecular weight excluding hydrogens is 276 g/mol. The van der Waals surface area contributed by atoms with Crippen molar-refractivity contribution >= 4 is 33.7 Å². The summed E-state index contributed by atoms with van der Waals surface area (Å²) in [5.74, 6) is 1.40. The van der Waals surface area contributed by atoms with E-state index in [0.717, 1.165) is 27.2 Å². The van der Waals surface area contributed by atoms with Crippen LogP contribution >= 0.6 is 22.9 Å². The number of anilines is 2. The average molecular weight is 294 g/mol. The Hall–Kier alpha value is -1.14. The molecule has 1 aliphatic rings. The highest BCUT2D eigenvalue weighted by Gasteiger charge is 2.24. The van der Waals surface area contributed by atoms with E-state index in [1.54, 1.807) is 11.3 Å². The van der Waals surface area contributed by atoms with Crippen LogP contribution in [0.25, 0.3) is 10.6 Å². The fourth-order valence-corrected chi connectivity index (χ4v) is 4.31. The molecule has 0 amide bonds. The molecule has 0 radical (unpaired) electrons. The minimum absolute atomic E-state index is 0.551. The standard InChI is InChI=1S/C13H18N4S2/c1-7-3-4-9(5-7)16-13-10(11(14)17-19-13)12-15-8(2)6-18-12/h6-7,9,16H,3-5H2,1-2H3,(H2,14,17). The summed E-state index contributed by atoms with van der Waals surface area (Å²) >= 11 is 3.08. The third kappa shape index (κ3) is 2.60. The van der Waals surface area contributed by atoms with Gasteiger partial charge in [-0.3, -0.25) is 0 Å². The van der Waals surface area contributed by atoms with Crippen molar-refractivity contribution in [2.24, 2.45) is 5.92 Å². The Balaban J connectivity index is 1.86. The van der Waals surface area contributed by atoms with Crippen LogP contribution < -0.4 is 11.1 Å². The van der Waals surface area contributed by atoms with Crippen LogP contribution in [0.1, 0.15) is 31.9 Å². The van der Waals surface area contributed by atoms with Gasteiger partial charge in [-0.25, -0.2) is 4.98 Å². The van der Waals surface area contributed by atoms with Crippen molar-refractivity contribution in [2.45, 2.75) is 39.2 Å². The molecule has 0 saturated heterocycles. The molecule has 19 heavy (non-hydrogen) atoms. The SMILES string of the molecule is Cc1csc(-c2c(N)nsc2NC2CCC(C)C2)n1. The lowest BCUT2D eigenvalue weighted by Gasteiger charge is -2.12. The van der Waals surface area contributed by atoms with Gasteiger partial charge in [0.1, 0.15) is 15.8 Å². The molecule has 3 N–H and O–H groups in total. The van der Waals surface area contributed by atoms with Gasteiger partial charge in [0.2, 0.25) is 0 Å². The van der Waals surface area contributed by atoms with Gasteiger partial charge in [0.15, 0.2) is 0 Å². The smallest absolute Gasteiger partial charge is 0.149 e. The molecule has 3 rings (SSSR count). The highest BCUT2D eigenvalue weighted by Crippen LogP contribution is 2.40. The topological polar surface area (TPSA) is 63.8 Å². The first-order valence-electron chi connectivity index (χ1n) is 6.57. The molecule has 1 fully saturated rings. The summed E-state index contributed by atoms with van der Waals surface area (Å²) in [5.41, 5.74) is 8.03. The summed E-state index contributed by atoms with van der Waals surface area (Å²) < 4.78 is 4.29. The molecule has 6 heteroatoms. The van der Waals surface area contributed by atoms with Gasteiger partial charge in [0, 0.05) is 17.1 Å². The van der Waals surface area contributed by atoms with Crippen molar-refractivity contribution in [2.75, 3.05) is 11.1 Å². The number of nitrogens with one attached hydrogen (secondary N) is 1. The van der Waals surface area contributed by atoms with E-state index in [1.807, 2.05) is 12.3 Å². The number of rotatable bonds is 3. The monoisotopic (exact) mass is 294 g/mol. The zero-order valence-corrected chi connectivity index (χ0v) is 12.8. The average Bonchev–Trinajstić information content (AvgIpc) is 3.03. The Kier molecular flexibility index (Phi) is 3.45. The molecule has 0 aliphatic heterocycles. The molecule has 102 valence electrons. The summed E-state index contributed by atoms with van der Waals surface area (Å²) in [6.07, 6.45) is 3.76. The molecule has 2 aromatic heterocycles. The number of nitrogen functional groups attached to an aromatic ring is 1. The second-order valence-electron chi connectivity index (χ2n) is 5.33. The van der Waals surface area contributed by atoms with E-state index in [1.165, 1.54) is 30.8 Å². The number of nitrogens with zero attached hydrogens (tertiary/aromatic N) is 2.